The molecule has 22 heavy (non-hydrogen) atoms. The zero-order valence-electron chi connectivity index (χ0n) is 13.3. The third-order valence-electron chi connectivity index (χ3n) is 4.34. The first-order valence-corrected chi connectivity index (χ1v) is 8.07. The third kappa shape index (κ3) is 3.32. The van der Waals surface area contributed by atoms with E-state index in [-0.39, 0.29) is 18.0 Å². The van der Waals surface area contributed by atoms with Crippen LogP contribution < -0.4 is 0 Å². The van der Waals surface area contributed by atoms with Crippen LogP contribution in [0.15, 0.2) is 30.3 Å². The van der Waals surface area contributed by atoms with Gasteiger partial charge in [0.05, 0.1) is 12.2 Å². The van der Waals surface area contributed by atoms with Gasteiger partial charge >= 0.3 is 11.9 Å². The third-order valence-corrected chi connectivity index (χ3v) is 4.34. The molecule has 2 atom stereocenters. The summed E-state index contributed by atoms with van der Waals surface area (Å²) in [5.41, 5.74) is -0.154. The number of ether oxygens (including phenoxy) is 2. The Bertz CT molecular complexity index is 511. The Morgan fingerprint density at radius 3 is 2.59 bits per heavy atom. The van der Waals surface area contributed by atoms with Crippen molar-refractivity contribution in [3.63, 3.8) is 0 Å². The molecule has 1 aliphatic rings. The second-order valence-corrected chi connectivity index (χ2v) is 5.78. The molecule has 0 heterocycles. The van der Waals surface area contributed by atoms with Gasteiger partial charge in [0.15, 0.2) is 0 Å². The standard InChI is InChI=1S/C18H24O4/c1-3-12-18(17(20)21-4-2)13-8-11-15(18)22-16(19)14-9-6-5-7-10-14/h5-7,9-10,15H,3-4,8,11-13H2,1-2H3. The van der Waals surface area contributed by atoms with Crippen LogP contribution in [0.4, 0.5) is 0 Å². The van der Waals surface area contributed by atoms with Crippen molar-refractivity contribution in [3.8, 4) is 0 Å². The Morgan fingerprint density at radius 2 is 1.95 bits per heavy atom. The second kappa shape index (κ2) is 7.43. The van der Waals surface area contributed by atoms with E-state index in [1.165, 1.54) is 0 Å². The van der Waals surface area contributed by atoms with E-state index >= 15 is 0 Å². The van der Waals surface area contributed by atoms with Gasteiger partial charge in [-0.1, -0.05) is 31.5 Å². The van der Waals surface area contributed by atoms with Gasteiger partial charge in [-0.2, -0.15) is 0 Å². The Morgan fingerprint density at radius 1 is 1.23 bits per heavy atom. The molecule has 0 bridgehead atoms. The molecule has 1 aromatic rings. The Kier molecular flexibility index (Phi) is 5.58. The van der Waals surface area contributed by atoms with E-state index in [1.807, 2.05) is 13.0 Å². The molecule has 4 nitrogen and oxygen atoms in total. The summed E-state index contributed by atoms with van der Waals surface area (Å²) in [5.74, 6) is -0.586. The van der Waals surface area contributed by atoms with Crippen molar-refractivity contribution in [2.75, 3.05) is 6.61 Å². The molecule has 0 spiro atoms. The molecule has 0 aliphatic heterocycles. The molecule has 4 heteroatoms. The lowest BCUT2D eigenvalue weighted by molar-refractivity contribution is -0.162. The highest BCUT2D eigenvalue weighted by atomic mass is 16.6. The predicted molar refractivity (Wildman–Crippen MR) is 83.5 cm³/mol. The molecule has 0 N–H and O–H groups in total. The average molecular weight is 304 g/mol. The van der Waals surface area contributed by atoms with E-state index in [9.17, 15) is 9.59 Å². The minimum Gasteiger partial charge on any atom is -0.465 e. The molecule has 1 aromatic carbocycles. The number of carbonyl (C=O) groups is 2. The van der Waals surface area contributed by atoms with Crippen LogP contribution in [0.3, 0.4) is 0 Å². The molecule has 120 valence electrons. The summed E-state index contributed by atoms with van der Waals surface area (Å²) in [5, 5.41) is 0. The Hall–Kier alpha value is -1.84. The van der Waals surface area contributed by atoms with Crippen LogP contribution in [0.5, 0.6) is 0 Å². The summed E-state index contributed by atoms with van der Waals surface area (Å²) in [6.45, 7) is 4.19. The van der Waals surface area contributed by atoms with Crippen molar-refractivity contribution in [1.82, 2.24) is 0 Å². The van der Waals surface area contributed by atoms with Gasteiger partial charge in [-0.05, 0) is 44.7 Å². The number of hydrogen-bond donors (Lipinski definition) is 0. The van der Waals surface area contributed by atoms with Crippen molar-refractivity contribution >= 4 is 11.9 Å². The molecule has 0 radical (unpaired) electrons. The first-order valence-electron chi connectivity index (χ1n) is 8.07. The summed E-state index contributed by atoms with van der Waals surface area (Å²) >= 11 is 0. The smallest absolute Gasteiger partial charge is 0.338 e. The first kappa shape index (κ1) is 16.5. The van der Waals surface area contributed by atoms with Gasteiger partial charge in [-0.3, -0.25) is 4.79 Å². The van der Waals surface area contributed by atoms with Gasteiger partial charge in [-0.25, -0.2) is 4.79 Å². The van der Waals surface area contributed by atoms with Crippen LogP contribution in [-0.2, 0) is 14.3 Å². The minimum absolute atomic E-state index is 0.222. The highest BCUT2D eigenvalue weighted by molar-refractivity contribution is 5.90. The molecule has 1 fully saturated rings. The molecule has 2 unspecified atom stereocenters. The lowest BCUT2D eigenvalue weighted by Crippen LogP contribution is -2.42. The largest absolute Gasteiger partial charge is 0.465 e. The lowest BCUT2D eigenvalue weighted by atomic mass is 9.79. The molecule has 0 aromatic heterocycles. The second-order valence-electron chi connectivity index (χ2n) is 5.78. The van der Waals surface area contributed by atoms with Crippen LogP contribution in [0.1, 0.15) is 56.3 Å². The van der Waals surface area contributed by atoms with Gasteiger partial charge in [-0.15, -0.1) is 0 Å². The van der Waals surface area contributed by atoms with Crippen LogP contribution in [-0.4, -0.2) is 24.6 Å². The maximum absolute atomic E-state index is 12.5. The van der Waals surface area contributed by atoms with Gasteiger partial charge in [0.25, 0.3) is 0 Å². The van der Waals surface area contributed by atoms with E-state index in [2.05, 4.69) is 0 Å². The van der Waals surface area contributed by atoms with Crippen LogP contribution >= 0.6 is 0 Å². The topological polar surface area (TPSA) is 52.6 Å². The summed E-state index contributed by atoms with van der Waals surface area (Å²) in [6, 6.07) is 8.91. The van der Waals surface area contributed by atoms with Crippen molar-refractivity contribution in [1.29, 1.82) is 0 Å². The van der Waals surface area contributed by atoms with Crippen LogP contribution in [0, 0.1) is 5.41 Å². The maximum Gasteiger partial charge on any atom is 0.338 e. The first-order chi connectivity index (χ1) is 10.6. The number of carbonyl (C=O) groups excluding carboxylic acids is 2. The van der Waals surface area contributed by atoms with Gasteiger partial charge in [0.1, 0.15) is 11.5 Å². The maximum atomic E-state index is 12.5. The van der Waals surface area contributed by atoms with E-state index < -0.39 is 5.41 Å². The summed E-state index contributed by atoms with van der Waals surface area (Å²) < 4.78 is 11.0. The lowest BCUT2D eigenvalue weighted by Gasteiger charge is -2.32. The number of benzene rings is 1. The summed E-state index contributed by atoms with van der Waals surface area (Å²) in [4.78, 5) is 24.8. The number of rotatable bonds is 6. The monoisotopic (exact) mass is 304 g/mol. The van der Waals surface area contributed by atoms with E-state index in [4.69, 9.17) is 9.47 Å². The van der Waals surface area contributed by atoms with Gasteiger partial charge in [0.2, 0.25) is 0 Å². The van der Waals surface area contributed by atoms with Crippen LogP contribution in [0.25, 0.3) is 0 Å². The Labute approximate surface area is 131 Å². The molecule has 0 amide bonds. The summed E-state index contributed by atoms with van der Waals surface area (Å²) in [6.07, 6.45) is 3.49. The highest BCUT2D eigenvalue weighted by Gasteiger charge is 2.51. The summed E-state index contributed by atoms with van der Waals surface area (Å²) in [7, 11) is 0. The fourth-order valence-corrected chi connectivity index (χ4v) is 3.33. The zero-order chi connectivity index (χ0) is 16.0. The fraction of sp³-hybridized carbons (Fsp3) is 0.556. The average Bonchev–Trinajstić information content (AvgIpc) is 2.92. The number of hydrogen-bond acceptors (Lipinski definition) is 4. The van der Waals surface area contributed by atoms with Crippen molar-refractivity contribution in [2.24, 2.45) is 5.41 Å². The molecular weight excluding hydrogens is 280 g/mol. The molecule has 0 saturated heterocycles. The number of esters is 2. The Balaban J connectivity index is 2.17. The normalized spacial score (nSPS) is 24.0. The molecule has 2 rings (SSSR count). The van der Waals surface area contributed by atoms with Crippen LogP contribution in [0.2, 0.25) is 0 Å². The van der Waals surface area contributed by atoms with E-state index in [1.54, 1.807) is 31.2 Å². The van der Waals surface area contributed by atoms with Crippen molar-refractivity contribution in [3.05, 3.63) is 35.9 Å². The van der Waals surface area contributed by atoms with Crippen molar-refractivity contribution in [2.45, 2.75) is 52.1 Å². The quantitative estimate of drug-likeness (QED) is 0.751. The predicted octanol–water partition coefficient (Wildman–Crippen LogP) is 3.75. The van der Waals surface area contributed by atoms with Crippen molar-refractivity contribution < 1.29 is 19.1 Å². The van der Waals surface area contributed by atoms with Gasteiger partial charge in [0, 0.05) is 0 Å². The molecular formula is C18H24O4. The minimum atomic E-state index is -0.671. The fourth-order valence-electron chi connectivity index (χ4n) is 3.33. The van der Waals surface area contributed by atoms with E-state index in [0.717, 1.165) is 25.7 Å². The highest BCUT2D eigenvalue weighted by Crippen LogP contribution is 2.45. The zero-order valence-corrected chi connectivity index (χ0v) is 13.3. The van der Waals surface area contributed by atoms with Gasteiger partial charge < -0.3 is 9.47 Å². The molecule has 1 saturated carbocycles. The molecule has 1 aliphatic carbocycles. The SMILES string of the molecule is CCCC1(C(=O)OCC)CCCC1OC(=O)c1ccccc1. The van der Waals surface area contributed by atoms with E-state index in [0.29, 0.717) is 18.6 Å².